The van der Waals surface area contributed by atoms with Gasteiger partial charge in [0, 0.05) is 12.1 Å². The summed E-state index contributed by atoms with van der Waals surface area (Å²) in [6.07, 6.45) is -2.07. The van der Waals surface area contributed by atoms with E-state index in [2.05, 4.69) is 5.32 Å². The summed E-state index contributed by atoms with van der Waals surface area (Å²) in [5.41, 5.74) is 0.540. The third-order valence-corrected chi connectivity index (χ3v) is 3.93. The first kappa shape index (κ1) is 15.8. The summed E-state index contributed by atoms with van der Waals surface area (Å²) in [5, 5.41) is 3.01. The molecule has 2 atom stereocenters. The van der Waals surface area contributed by atoms with E-state index < -0.39 is 18.1 Å². The van der Waals surface area contributed by atoms with E-state index >= 15 is 0 Å². The predicted octanol–water partition coefficient (Wildman–Crippen LogP) is 4.24. The molecule has 21 heavy (non-hydrogen) atoms. The van der Waals surface area contributed by atoms with Crippen molar-refractivity contribution in [3.8, 4) is 11.5 Å². The molecule has 1 aliphatic rings. The van der Waals surface area contributed by atoms with Gasteiger partial charge in [0.05, 0.1) is 25.8 Å². The van der Waals surface area contributed by atoms with Crippen molar-refractivity contribution in [1.82, 2.24) is 0 Å². The first-order valence-electron chi connectivity index (χ1n) is 7.01. The number of halogens is 3. The van der Waals surface area contributed by atoms with Crippen LogP contribution in [0.1, 0.15) is 25.7 Å². The maximum absolute atomic E-state index is 13.1. The molecule has 118 valence electrons. The van der Waals surface area contributed by atoms with Crippen molar-refractivity contribution < 1.29 is 22.6 Å². The van der Waals surface area contributed by atoms with Gasteiger partial charge in [0.2, 0.25) is 0 Å². The van der Waals surface area contributed by atoms with Crippen LogP contribution in [0.15, 0.2) is 18.2 Å². The average Bonchev–Trinajstić information content (AvgIpc) is 2.46. The van der Waals surface area contributed by atoms with Crippen molar-refractivity contribution in [3.05, 3.63) is 18.2 Å². The van der Waals surface area contributed by atoms with Crippen molar-refractivity contribution in [2.24, 2.45) is 5.92 Å². The third-order valence-electron chi connectivity index (χ3n) is 3.93. The monoisotopic (exact) mass is 303 g/mol. The Kier molecular flexibility index (Phi) is 4.85. The van der Waals surface area contributed by atoms with Crippen LogP contribution in [-0.2, 0) is 0 Å². The number of hydrogen-bond acceptors (Lipinski definition) is 3. The number of methoxy groups -OCH3 is 2. The van der Waals surface area contributed by atoms with Crippen molar-refractivity contribution in [3.63, 3.8) is 0 Å². The fraction of sp³-hybridized carbons (Fsp3) is 0.600. The summed E-state index contributed by atoms with van der Waals surface area (Å²) in [6.45, 7) is 0. The van der Waals surface area contributed by atoms with Gasteiger partial charge in [-0.3, -0.25) is 0 Å². The van der Waals surface area contributed by atoms with E-state index in [-0.39, 0.29) is 6.42 Å². The smallest absolute Gasteiger partial charge is 0.393 e. The Morgan fingerprint density at radius 1 is 1.10 bits per heavy atom. The summed E-state index contributed by atoms with van der Waals surface area (Å²) in [5.74, 6) is -0.220. The van der Waals surface area contributed by atoms with E-state index in [9.17, 15) is 13.2 Å². The van der Waals surface area contributed by atoms with E-state index in [1.54, 1.807) is 18.2 Å². The lowest BCUT2D eigenvalue weighted by molar-refractivity contribution is -0.184. The first-order chi connectivity index (χ1) is 9.95. The zero-order chi connectivity index (χ0) is 15.5. The number of rotatable bonds is 4. The number of alkyl halides is 3. The lowest BCUT2D eigenvalue weighted by Crippen LogP contribution is -2.41. The van der Waals surface area contributed by atoms with Gasteiger partial charge in [0.25, 0.3) is 0 Å². The SMILES string of the molecule is COc1ccc(OC)c(NC2CCCCC2C(F)(F)F)c1. The maximum Gasteiger partial charge on any atom is 0.393 e. The van der Waals surface area contributed by atoms with Crippen LogP contribution >= 0.6 is 0 Å². The Balaban J connectivity index is 2.22. The Morgan fingerprint density at radius 3 is 2.43 bits per heavy atom. The minimum absolute atomic E-state index is 0.174. The van der Waals surface area contributed by atoms with Crippen LogP contribution in [0.5, 0.6) is 11.5 Å². The highest BCUT2D eigenvalue weighted by molar-refractivity contribution is 5.60. The van der Waals surface area contributed by atoms with E-state index in [0.717, 1.165) is 6.42 Å². The molecule has 2 unspecified atom stereocenters. The Bertz CT molecular complexity index is 476. The summed E-state index contributed by atoms with van der Waals surface area (Å²) in [6, 6.07) is 4.44. The molecule has 0 amide bonds. The number of nitrogens with one attached hydrogen (secondary N) is 1. The molecule has 0 radical (unpaired) electrons. The number of anilines is 1. The average molecular weight is 303 g/mol. The molecule has 0 spiro atoms. The Hall–Kier alpha value is -1.59. The van der Waals surface area contributed by atoms with Crippen LogP contribution in [0.2, 0.25) is 0 Å². The van der Waals surface area contributed by atoms with Crippen molar-refractivity contribution in [1.29, 1.82) is 0 Å². The van der Waals surface area contributed by atoms with Gasteiger partial charge in [-0.15, -0.1) is 0 Å². The molecule has 1 fully saturated rings. The highest BCUT2D eigenvalue weighted by atomic mass is 19.4. The zero-order valence-electron chi connectivity index (χ0n) is 12.2. The van der Waals surface area contributed by atoms with Crippen LogP contribution in [0.3, 0.4) is 0 Å². The third kappa shape index (κ3) is 3.74. The molecule has 1 aromatic carbocycles. The largest absolute Gasteiger partial charge is 0.497 e. The number of benzene rings is 1. The summed E-state index contributed by atoms with van der Waals surface area (Å²) < 4.78 is 49.7. The fourth-order valence-corrected chi connectivity index (χ4v) is 2.82. The molecule has 0 bridgehead atoms. The number of ether oxygens (including phenoxy) is 2. The van der Waals surface area contributed by atoms with Crippen LogP contribution in [0.4, 0.5) is 18.9 Å². The highest BCUT2D eigenvalue weighted by Gasteiger charge is 2.45. The second-order valence-corrected chi connectivity index (χ2v) is 5.25. The van der Waals surface area contributed by atoms with E-state index in [1.807, 2.05) is 0 Å². The van der Waals surface area contributed by atoms with Gasteiger partial charge in [-0.05, 0) is 25.0 Å². The summed E-state index contributed by atoms with van der Waals surface area (Å²) in [4.78, 5) is 0. The van der Waals surface area contributed by atoms with Crippen molar-refractivity contribution >= 4 is 5.69 Å². The second kappa shape index (κ2) is 6.45. The van der Waals surface area contributed by atoms with Crippen molar-refractivity contribution in [2.45, 2.75) is 37.9 Å². The lowest BCUT2D eigenvalue weighted by atomic mass is 9.84. The van der Waals surface area contributed by atoms with E-state index in [0.29, 0.717) is 30.0 Å². The minimum Gasteiger partial charge on any atom is -0.497 e. The summed E-state index contributed by atoms with van der Waals surface area (Å²) in [7, 11) is 3.01. The quantitative estimate of drug-likeness (QED) is 0.902. The highest BCUT2D eigenvalue weighted by Crippen LogP contribution is 2.40. The van der Waals surface area contributed by atoms with Crippen LogP contribution in [0, 0.1) is 5.92 Å². The Labute approximate surface area is 122 Å². The topological polar surface area (TPSA) is 30.5 Å². The standard InChI is InChI=1S/C15H20F3NO2/c1-20-10-7-8-14(21-2)13(9-10)19-12-6-4-3-5-11(12)15(16,17)18/h7-9,11-12,19H,3-6H2,1-2H3. The maximum atomic E-state index is 13.1. The molecular formula is C15H20F3NO2. The normalized spacial score (nSPS) is 22.7. The first-order valence-corrected chi connectivity index (χ1v) is 7.01. The van der Waals surface area contributed by atoms with Crippen LogP contribution in [-0.4, -0.2) is 26.4 Å². The predicted molar refractivity (Wildman–Crippen MR) is 75.0 cm³/mol. The molecule has 1 N–H and O–H groups in total. The van der Waals surface area contributed by atoms with Crippen LogP contribution in [0.25, 0.3) is 0 Å². The van der Waals surface area contributed by atoms with Gasteiger partial charge in [-0.2, -0.15) is 13.2 Å². The molecule has 2 rings (SSSR count). The van der Waals surface area contributed by atoms with Gasteiger partial charge in [0.1, 0.15) is 11.5 Å². The van der Waals surface area contributed by atoms with E-state index in [1.165, 1.54) is 14.2 Å². The molecule has 1 saturated carbocycles. The number of hydrogen-bond donors (Lipinski definition) is 1. The van der Waals surface area contributed by atoms with Gasteiger partial charge in [-0.25, -0.2) is 0 Å². The van der Waals surface area contributed by atoms with Gasteiger partial charge in [0.15, 0.2) is 0 Å². The molecule has 0 heterocycles. The molecule has 3 nitrogen and oxygen atoms in total. The van der Waals surface area contributed by atoms with Crippen molar-refractivity contribution in [2.75, 3.05) is 19.5 Å². The zero-order valence-corrected chi connectivity index (χ0v) is 12.2. The molecule has 6 heteroatoms. The molecule has 1 aromatic rings. The fourth-order valence-electron chi connectivity index (χ4n) is 2.82. The minimum atomic E-state index is -4.18. The molecule has 0 aromatic heterocycles. The molecule has 0 saturated heterocycles. The molecular weight excluding hydrogens is 283 g/mol. The van der Waals surface area contributed by atoms with Crippen LogP contribution < -0.4 is 14.8 Å². The summed E-state index contributed by atoms with van der Waals surface area (Å²) >= 11 is 0. The van der Waals surface area contributed by atoms with Gasteiger partial charge >= 0.3 is 6.18 Å². The Morgan fingerprint density at radius 2 is 1.81 bits per heavy atom. The molecule has 0 aliphatic heterocycles. The molecule has 1 aliphatic carbocycles. The second-order valence-electron chi connectivity index (χ2n) is 5.25. The lowest BCUT2D eigenvalue weighted by Gasteiger charge is -2.34. The van der Waals surface area contributed by atoms with E-state index in [4.69, 9.17) is 9.47 Å². The van der Waals surface area contributed by atoms with Gasteiger partial charge in [-0.1, -0.05) is 12.8 Å². The van der Waals surface area contributed by atoms with Gasteiger partial charge < -0.3 is 14.8 Å².